The fourth-order valence-electron chi connectivity index (χ4n) is 3.36. The lowest BCUT2D eigenvalue weighted by molar-refractivity contribution is -0.113. The number of nitrogens with one attached hydrogen (secondary N) is 2. The fourth-order valence-corrected chi connectivity index (χ4v) is 4.52. The number of thioether (sulfide) groups is 1. The average molecular weight is 353 g/mol. The van der Waals surface area contributed by atoms with E-state index in [4.69, 9.17) is 0 Å². The van der Waals surface area contributed by atoms with E-state index < -0.39 is 0 Å². The third-order valence-corrected chi connectivity index (χ3v) is 5.74. The van der Waals surface area contributed by atoms with Crippen LogP contribution in [0.3, 0.4) is 0 Å². The Kier molecular flexibility index (Phi) is 3.92. The highest BCUT2D eigenvalue weighted by atomic mass is 32.2. The summed E-state index contributed by atoms with van der Waals surface area (Å²) in [6, 6.07) is 14.3. The van der Waals surface area contributed by atoms with Gasteiger partial charge in [-0.3, -0.25) is 19.4 Å². The second kappa shape index (κ2) is 6.11. The Labute approximate surface area is 149 Å². The van der Waals surface area contributed by atoms with E-state index in [1.54, 1.807) is 4.68 Å². The van der Waals surface area contributed by atoms with E-state index in [-0.39, 0.29) is 22.8 Å². The van der Waals surface area contributed by atoms with Gasteiger partial charge in [0.2, 0.25) is 5.91 Å². The summed E-state index contributed by atoms with van der Waals surface area (Å²) in [5, 5.41) is 7.85. The van der Waals surface area contributed by atoms with Gasteiger partial charge in [0.05, 0.1) is 16.6 Å². The van der Waals surface area contributed by atoms with Crippen LogP contribution >= 0.6 is 11.8 Å². The highest BCUT2D eigenvalue weighted by Gasteiger charge is 2.31. The zero-order valence-corrected chi connectivity index (χ0v) is 14.9. The Balaban J connectivity index is 1.98. The van der Waals surface area contributed by atoms with Crippen LogP contribution in [0.2, 0.25) is 0 Å². The normalized spacial score (nSPS) is 17.4. The molecule has 5 nitrogen and oxygen atoms in total. The summed E-state index contributed by atoms with van der Waals surface area (Å²) in [7, 11) is 0. The molecular weight excluding hydrogens is 334 g/mol. The predicted molar refractivity (Wildman–Crippen MR) is 102 cm³/mol. The summed E-state index contributed by atoms with van der Waals surface area (Å²) in [4.78, 5) is 24.9. The van der Waals surface area contributed by atoms with Crippen LogP contribution in [0.4, 0.5) is 5.82 Å². The van der Waals surface area contributed by atoms with Crippen LogP contribution in [0.5, 0.6) is 0 Å². The highest BCUT2D eigenvalue weighted by Crippen LogP contribution is 2.42. The number of H-pyrrole nitrogens is 1. The third kappa shape index (κ3) is 2.66. The van der Waals surface area contributed by atoms with Gasteiger partial charge < -0.3 is 5.32 Å². The number of anilines is 1. The summed E-state index contributed by atoms with van der Waals surface area (Å²) in [5.74, 6) is 0.829. The van der Waals surface area contributed by atoms with Crippen LogP contribution < -0.4 is 10.9 Å². The minimum absolute atomic E-state index is 0.0491. The van der Waals surface area contributed by atoms with Crippen LogP contribution in [-0.2, 0) is 4.79 Å². The molecule has 2 aromatic carbocycles. The number of hydrogen-bond donors (Lipinski definition) is 2. The van der Waals surface area contributed by atoms with Crippen molar-refractivity contribution in [3.05, 3.63) is 63.9 Å². The van der Waals surface area contributed by atoms with Crippen molar-refractivity contribution in [3.8, 4) is 0 Å². The molecule has 0 aliphatic carbocycles. The molecule has 0 saturated heterocycles. The Morgan fingerprint density at radius 1 is 1.12 bits per heavy atom. The molecule has 1 aromatic heterocycles. The Morgan fingerprint density at radius 2 is 1.88 bits per heavy atom. The van der Waals surface area contributed by atoms with E-state index in [0.717, 1.165) is 16.3 Å². The summed E-state index contributed by atoms with van der Waals surface area (Å²) in [6.07, 6.45) is 0. The molecule has 3 aromatic rings. The summed E-state index contributed by atoms with van der Waals surface area (Å²) in [6.45, 7) is 3.96. The van der Waals surface area contributed by atoms with Gasteiger partial charge in [-0.15, -0.1) is 11.8 Å². The second-order valence-electron chi connectivity index (χ2n) is 6.47. The zero-order valence-electron chi connectivity index (χ0n) is 14.1. The number of nitrogens with zero attached hydrogens (tertiary/aromatic N) is 1. The number of amides is 1. The first-order chi connectivity index (χ1) is 12.1. The molecule has 0 fully saturated rings. The van der Waals surface area contributed by atoms with Crippen molar-refractivity contribution in [1.82, 2.24) is 9.78 Å². The van der Waals surface area contributed by atoms with E-state index in [1.807, 2.05) is 38.1 Å². The topological polar surface area (TPSA) is 66.9 Å². The smallest absolute Gasteiger partial charge is 0.270 e. The van der Waals surface area contributed by atoms with Gasteiger partial charge in [0.15, 0.2) is 0 Å². The van der Waals surface area contributed by atoms with Gasteiger partial charge >= 0.3 is 0 Å². The molecular formula is C19H19N3O2S. The van der Waals surface area contributed by atoms with E-state index >= 15 is 0 Å². The van der Waals surface area contributed by atoms with Crippen molar-refractivity contribution in [2.45, 2.75) is 25.1 Å². The molecule has 0 radical (unpaired) electrons. The van der Waals surface area contributed by atoms with Crippen LogP contribution in [0.25, 0.3) is 10.8 Å². The number of carbonyl (C=O) groups is 1. The maximum absolute atomic E-state index is 12.7. The van der Waals surface area contributed by atoms with Gasteiger partial charge in [-0.2, -0.15) is 0 Å². The Bertz CT molecular complexity index is 1010. The van der Waals surface area contributed by atoms with Gasteiger partial charge in [-0.05, 0) is 30.2 Å². The first-order valence-corrected chi connectivity index (χ1v) is 9.34. The molecule has 128 valence electrons. The van der Waals surface area contributed by atoms with E-state index in [1.165, 1.54) is 11.8 Å². The minimum Gasteiger partial charge on any atom is -0.310 e. The molecule has 1 amide bonds. The molecule has 0 spiro atoms. The molecule has 1 aliphatic heterocycles. The number of hydrogen-bond acceptors (Lipinski definition) is 3. The van der Waals surface area contributed by atoms with Crippen molar-refractivity contribution in [3.63, 3.8) is 0 Å². The second-order valence-corrected chi connectivity index (χ2v) is 7.57. The lowest BCUT2D eigenvalue weighted by Gasteiger charge is -2.17. The standard InChI is InChI=1S/C19H19N3O2S/c1-11(2)22-18-16(19(24)21-22)17(25-10-15(23)20-18)14-9-5-7-12-6-3-4-8-13(12)14/h3-9,11,17H,10H2,1-2H3,(H,20,23)(H,21,24). The molecule has 0 saturated carbocycles. The van der Waals surface area contributed by atoms with Crippen molar-refractivity contribution in [1.29, 1.82) is 0 Å². The quantitative estimate of drug-likeness (QED) is 0.738. The maximum atomic E-state index is 12.7. The number of carbonyl (C=O) groups excluding carboxylic acids is 1. The van der Waals surface area contributed by atoms with Crippen molar-refractivity contribution in [2.75, 3.05) is 11.1 Å². The molecule has 25 heavy (non-hydrogen) atoms. The van der Waals surface area contributed by atoms with Gasteiger partial charge in [-0.1, -0.05) is 42.5 Å². The summed E-state index contributed by atoms with van der Waals surface area (Å²) in [5.41, 5.74) is 1.55. The maximum Gasteiger partial charge on any atom is 0.270 e. The molecule has 1 unspecified atom stereocenters. The molecule has 1 atom stereocenters. The summed E-state index contributed by atoms with van der Waals surface area (Å²) >= 11 is 1.50. The van der Waals surface area contributed by atoms with Crippen LogP contribution in [0.1, 0.15) is 36.3 Å². The molecule has 2 N–H and O–H groups in total. The van der Waals surface area contributed by atoms with E-state index in [9.17, 15) is 9.59 Å². The highest BCUT2D eigenvalue weighted by molar-refractivity contribution is 8.00. The number of benzene rings is 2. The van der Waals surface area contributed by atoms with Gasteiger partial charge in [0.1, 0.15) is 5.82 Å². The van der Waals surface area contributed by atoms with Crippen molar-refractivity contribution in [2.24, 2.45) is 0 Å². The van der Waals surface area contributed by atoms with E-state index in [2.05, 4.69) is 28.6 Å². The summed E-state index contributed by atoms with van der Waals surface area (Å²) < 4.78 is 1.75. The first-order valence-electron chi connectivity index (χ1n) is 8.30. The van der Waals surface area contributed by atoms with Crippen LogP contribution in [0, 0.1) is 0 Å². The number of aromatic nitrogens is 2. The molecule has 1 aliphatic rings. The Hall–Kier alpha value is -2.47. The van der Waals surface area contributed by atoms with Crippen LogP contribution in [-0.4, -0.2) is 21.4 Å². The van der Waals surface area contributed by atoms with Crippen LogP contribution in [0.15, 0.2) is 47.3 Å². The predicted octanol–water partition coefficient (Wildman–Crippen LogP) is 3.69. The molecule has 2 heterocycles. The number of rotatable bonds is 2. The third-order valence-electron chi connectivity index (χ3n) is 4.49. The van der Waals surface area contributed by atoms with Gasteiger partial charge in [0, 0.05) is 6.04 Å². The van der Waals surface area contributed by atoms with Crippen molar-refractivity contribution >= 4 is 34.3 Å². The van der Waals surface area contributed by atoms with Gasteiger partial charge in [0.25, 0.3) is 5.56 Å². The fraction of sp³-hybridized carbons (Fsp3) is 0.263. The van der Waals surface area contributed by atoms with Crippen molar-refractivity contribution < 1.29 is 4.79 Å². The first kappa shape index (κ1) is 16.0. The monoisotopic (exact) mass is 353 g/mol. The molecule has 4 rings (SSSR count). The largest absolute Gasteiger partial charge is 0.310 e. The lowest BCUT2D eigenvalue weighted by atomic mass is 9.99. The van der Waals surface area contributed by atoms with E-state index in [0.29, 0.717) is 17.1 Å². The Morgan fingerprint density at radius 3 is 2.68 bits per heavy atom. The molecule has 6 heteroatoms. The SMILES string of the molecule is CC(C)n1[nH]c(=O)c2c1NC(=O)CSC2c1cccc2ccccc12. The van der Waals surface area contributed by atoms with Gasteiger partial charge in [-0.25, -0.2) is 0 Å². The lowest BCUT2D eigenvalue weighted by Crippen LogP contribution is -2.17. The zero-order chi connectivity index (χ0) is 17.6. The average Bonchev–Trinajstić information content (AvgIpc) is 2.82. The molecule has 0 bridgehead atoms. The number of fused-ring (bicyclic) bond motifs is 2. The number of aromatic amines is 1. The minimum atomic E-state index is -0.191.